The number of nitrogens with zero attached hydrogens (tertiary/aromatic N) is 1. The maximum Gasteiger partial charge on any atom is 0.333 e. The molecule has 1 aliphatic rings. The Hall–Kier alpha value is -2.88. The highest BCUT2D eigenvalue weighted by atomic mass is 16.2. The van der Waals surface area contributed by atoms with Gasteiger partial charge in [-0.1, -0.05) is 35.9 Å². The summed E-state index contributed by atoms with van der Waals surface area (Å²) >= 11 is 0. The second kappa shape index (κ2) is 5.72. The Kier molecular flexibility index (Phi) is 3.74. The summed E-state index contributed by atoms with van der Waals surface area (Å²) in [6, 6.07) is 12.6. The average Bonchev–Trinajstić information content (AvgIpc) is 2.78. The quantitative estimate of drug-likeness (QED) is 0.679. The molecule has 0 saturated carbocycles. The Morgan fingerprint density at radius 1 is 0.957 bits per heavy atom. The zero-order valence-electron chi connectivity index (χ0n) is 13.4. The number of rotatable bonds is 2. The first kappa shape index (κ1) is 15.0. The van der Waals surface area contributed by atoms with Gasteiger partial charge in [0.25, 0.3) is 5.91 Å². The van der Waals surface area contributed by atoms with E-state index >= 15 is 0 Å². The summed E-state index contributed by atoms with van der Waals surface area (Å²) in [5.74, 6) is -0.333. The molecule has 0 aromatic heterocycles. The van der Waals surface area contributed by atoms with E-state index in [1.165, 1.54) is 5.56 Å². The van der Waals surface area contributed by atoms with Crippen molar-refractivity contribution < 1.29 is 9.59 Å². The van der Waals surface area contributed by atoms with Gasteiger partial charge >= 0.3 is 6.03 Å². The van der Waals surface area contributed by atoms with Gasteiger partial charge in [0.2, 0.25) is 0 Å². The largest absolute Gasteiger partial charge is 0.333 e. The summed E-state index contributed by atoms with van der Waals surface area (Å²) in [6.07, 6.45) is 1.76. The third-order valence-corrected chi connectivity index (χ3v) is 3.92. The second-order valence-electron chi connectivity index (χ2n) is 5.78. The molecular formula is C19H18N2O2. The normalized spacial score (nSPS) is 16.1. The number of nitrogens with one attached hydrogen (secondary N) is 1. The lowest BCUT2D eigenvalue weighted by Crippen LogP contribution is -2.30. The maximum absolute atomic E-state index is 12.6. The fourth-order valence-electron chi connectivity index (χ4n) is 2.91. The number of benzene rings is 2. The standard InChI is InChI=1S/C19H18N2O2/c1-12-9-13(2)16(14(3)10-12)11-17-18(22)21(19(23)20-17)15-7-5-4-6-8-15/h4-11H,1-3H3,(H,20,23)/b17-11-. The van der Waals surface area contributed by atoms with Crippen LogP contribution in [0.4, 0.5) is 10.5 Å². The molecule has 0 atom stereocenters. The van der Waals surface area contributed by atoms with Gasteiger partial charge in [0.05, 0.1) is 5.69 Å². The van der Waals surface area contributed by atoms with Crippen molar-refractivity contribution in [3.05, 3.63) is 70.4 Å². The number of hydrogen-bond donors (Lipinski definition) is 1. The zero-order chi connectivity index (χ0) is 16.6. The minimum absolute atomic E-state index is 0.300. The first-order valence-corrected chi connectivity index (χ1v) is 7.47. The van der Waals surface area contributed by atoms with Crippen molar-refractivity contribution in [1.82, 2.24) is 5.32 Å². The topological polar surface area (TPSA) is 49.4 Å². The van der Waals surface area contributed by atoms with Crippen molar-refractivity contribution in [1.29, 1.82) is 0 Å². The van der Waals surface area contributed by atoms with E-state index in [4.69, 9.17) is 0 Å². The molecule has 1 heterocycles. The first-order chi connectivity index (χ1) is 11.0. The minimum Gasteiger partial charge on any atom is -0.302 e. The van der Waals surface area contributed by atoms with Crippen LogP contribution < -0.4 is 10.2 Å². The average molecular weight is 306 g/mol. The van der Waals surface area contributed by atoms with E-state index in [0.717, 1.165) is 21.6 Å². The molecule has 1 N–H and O–H groups in total. The summed E-state index contributed by atoms with van der Waals surface area (Å²) in [7, 11) is 0. The van der Waals surface area contributed by atoms with Crippen LogP contribution in [0.1, 0.15) is 22.3 Å². The Balaban J connectivity index is 2.00. The lowest BCUT2D eigenvalue weighted by molar-refractivity contribution is -0.113. The van der Waals surface area contributed by atoms with Gasteiger partial charge in [0.1, 0.15) is 5.70 Å². The highest BCUT2D eigenvalue weighted by Gasteiger charge is 2.34. The number of para-hydroxylation sites is 1. The van der Waals surface area contributed by atoms with Gasteiger partial charge < -0.3 is 5.32 Å². The number of carbonyl (C=O) groups excluding carboxylic acids is 2. The second-order valence-corrected chi connectivity index (χ2v) is 5.78. The number of anilines is 1. The molecule has 2 aromatic rings. The van der Waals surface area contributed by atoms with Gasteiger partial charge in [-0.2, -0.15) is 0 Å². The van der Waals surface area contributed by atoms with E-state index in [1.54, 1.807) is 30.3 Å². The van der Waals surface area contributed by atoms with Crippen LogP contribution in [0.25, 0.3) is 6.08 Å². The van der Waals surface area contributed by atoms with Gasteiger partial charge in [0.15, 0.2) is 0 Å². The highest BCUT2D eigenvalue weighted by molar-refractivity contribution is 6.28. The predicted octanol–water partition coefficient (Wildman–Crippen LogP) is 3.71. The van der Waals surface area contributed by atoms with Crippen molar-refractivity contribution >= 4 is 23.7 Å². The molecular weight excluding hydrogens is 288 g/mol. The van der Waals surface area contributed by atoms with Crippen molar-refractivity contribution in [2.75, 3.05) is 4.90 Å². The van der Waals surface area contributed by atoms with E-state index in [0.29, 0.717) is 11.4 Å². The molecule has 2 aromatic carbocycles. The summed E-state index contributed by atoms with van der Waals surface area (Å²) in [6.45, 7) is 6.04. The van der Waals surface area contributed by atoms with Crippen molar-refractivity contribution in [3.8, 4) is 0 Å². The monoisotopic (exact) mass is 306 g/mol. The van der Waals surface area contributed by atoms with Crippen LogP contribution in [-0.2, 0) is 4.79 Å². The van der Waals surface area contributed by atoms with Gasteiger partial charge in [-0.3, -0.25) is 4.79 Å². The van der Waals surface area contributed by atoms with Crippen molar-refractivity contribution in [3.63, 3.8) is 0 Å². The van der Waals surface area contributed by atoms with Crippen LogP contribution in [0.5, 0.6) is 0 Å². The SMILES string of the molecule is Cc1cc(C)c(/C=C2\NC(=O)N(c3ccccc3)C2=O)c(C)c1. The van der Waals surface area contributed by atoms with E-state index in [9.17, 15) is 9.59 Å². The third kappa shape index (κ3) is 2.75. The minimum atomic E-state index is -0.421. The number of hydrogen-bond acceptors (Lipinski definition) is 2. The number of aryl methyl sites for hydroxylation is 3. The van der Waals surface area contributed by atoms with E-state index in [-0.39, 0.29) is 5.91 Å². The van der Waals surface area contributed by atoms with Crippen molar-refractivity contribution in [2.45, 2.75) is 20.8 Å². The van der Waals surface area contributed by atoms with Gasteiger partial charge in [0, 0.05) is 0 Å². The smallest absolute Gasteiger partial charge is 0.302 e. The van der Waals surface area contributed by atoms with Crippen LogP contribution in [0.3, 0.4) is 0 Å². The number of carbonyl (C=O) groups is 2. The molecule has 1 fully saturated rings. The van der Waals surface area contributed by atoms with Crippen LogP contribution in [0, 0.1) is 20.8 Å². The molecule has 0 bridgehead atoms. The lowest BCUT2D eigenvalue weighted by atomic mass is 9.99. The van der Waals surface area contributed by atoms with E-state index in [1.807, 2.05) is 26.8 Å². The molecule has 116 valence electrons. The lowest BCUT2D eigenvalue weighted by Gasteiger charge is -2.11. The van der Waals surface area contributed by atoms with Crippen LogP contribution in [0.15, 0.2) is 48.2 Å². The fourth-order valence-corrected chi connectivity index (χ4v) is 2.91. The Bertz CT molecular complexity index is 800. The summed E-state index contributed by atoms with van der Waals surface area (Å²) in [4.78, 5) is 25.9. The molecule has 3 rings (SSSR count). The Morgan fingerprint density at radius 3 is 2.17 bits per heavy atom. The first-order valence-electron chi connectivity index (χ1n) is 7.47. The molecule has 1 aliphatic heterocycles. The van der Waals surface area contributed by atoms with Crippen LogP contribution >= 0.6 is 0 Å². The summed E-state index contributed by atoms with van der Waals surface area (Å²) in [5.41, 5.74) is 5.17. The molecule has 4 heteroatoms. The van der Waals surface area contributed by atoms with Crippen molar-refractivity contribution in [2.24, 2.45) is 0 Å². The number of imide groups is 1. The molecule has 0 aliphatic carbocycles. The Morgan fingerprint density at radius 2 is 1.57 bits per heavy atom. The van der Waals surface area contributed by atoms with E-state index < -0.39 is 6.03 Å². The van der Waals surface area contributed by atoms with Gasteiger partial charge in [-0.15, -0.1) is 0 Å². The molecule has 3 amide bonds. The Labute approximate surface area is 135 Å². The van der Waals surface area contributed by atoms with E-state index in [2.05, 4.69) is 17.4 Å². The molecule has 23 heavy (non-hydrogen) atoms. The maximum atomic E-state index is 12.6. The molecule has 0 spiro atoms. The zero-order valence-corrected chi connectivity index (χ0v) is 13.4. The number of urea groups is 1. The predicted molar refractivity (Wildman–Crippen MR) is 91.1 cm³/mol. The van der Waals surface area contributed by atoms with Crippen LogP contribution in [0.2, 0.25) is 0 Å². The molecule has 4 nitrogen and oxygen atoms in total. The number of amides is 3. The van der Waals surface area contributed by atoms with Gasteiger partial charge in [-0.05, 0) is 55.7 Å². The van der Waals surface area contributed by atoms with Gasteiger partial charge in [-0.25, -0.2) is 9.69 Å². The van der Waals surface area contributed by atoms with Crippen LogP contribution in [-0.4, -0.2) is 11.9 Å². The summed E-state index contributed by atoms with van der Waals surface area (Å²) < 4.78 is 0. The molecule has 1 saturated heterocycles. The summed E-state index contributed by atoms with van der Waals surface area (Å²) in [5, 5.41) is 2.67. The molecule has 0 unspecified atom stereocenters. The molecule has 0 radical (unpaired) electrons. The fraction of sp³-hybridized carbons (Fsp3) is 0.158. The third-order valence-electron chi connectivity index (χ3n) is 3.92. The highest BCUT2D eigenvalue weighted by Crippen LogP contribution is 2.24.